The Morgan fingerprint density at radius 2 is 2.15 bits per heavy atom. The largest absolute Gasteiger partial charge is 0.389 e. The topological polar surface area (TPSA) is 61.7 Å². The van der Waals surface area contributed by atoms with Crippen molar-refractivity contribution in [2.24, 2.45) is 0 Å². The van der Waals surface area contributed by atoms with Gasteiger partial charge in [-0.25, -0.2) is 0 Å². The molecule has 1 atom stereocenters. The maximum absolute atomic E-state index is 10.3. The van der Waals surface area contributed by atoms with Crippen molar-refractivity contribution < 1.29 is 14.9 Å². The molecule has 0 bridgehead atoms. The fraction of sp³-hybridized carbons (Fsp3) is 0.733. The molecule has 1 aliphatic carbocycles. The molecule has 20 heavy (non-hydrogen) atoms. The van der Waals surface area contributed by atoms with E-state index in [1.54, 1.807) is 11.3 Å². The van der Waals surface area contributed by atoms with Gasteiger partial charge < -0.3 is 20.3 Å². The van der Waals surface area contributed by atoms with Gasteiger partial charge in [0.15, 0.2) is 0 Å². The monoisotopic (exact) mass is 299 g/mol. The van der Waals surface area contributed by atoms with Crippen molar-refractivity contribution in [3.05, 3.63) is 22.4 Å². The fourth-order valence-corrected chi connectivity index (χ4v) is 3.25. The zero-order valence-corrected chi connectivity index (χ0v) is 12.7. The summed E-state index contributed by atoms with van der Waals surface area (Å²) in [5, 5.41) is 25.3. The van der Waals surface area contributed by atoms with Crippen LogP contribution in [0.15, 0.2) is 17.5 Å². The van der Waals surface area contributed by atoms with Gasteiger partial charge in [0.05, 0.1) is 24.9 Å². The van der Waals surface area contributed by atoms with Gasteiger partial charge in [0.2, 0.25) is 0 Å². The van der Waals surface area contributed by atoms with E-state index in [0.29, 0.717) is 26.3 Å². The van der Waals surface area contributed by atoms with Gasteiger partial charge in [0.1, 0.15) is 0 Å². The van der Waals surface area contributed by atoms with Gasteiger partial charge in [-0.3, -0.25) is 0 Å². The van der Waals surface area contributed by atoms with Crippen LogP contribution < -0.4 is 5.32 Å². The van der Waals surface area contributed by atoms with Crippen molar-refractivity contribution in [1.29, 1.82) is 0 Å². The number of rotatable bonds is 8. The summed E-state index contributed by atoms with van der Waals surface area (Å²) in [4.78, 5) is 1.17. The molecular weight excluding hydrogens is 274 g/mol. The van der Waals surface area contributed by atoms with Crippen molar-refractivity contribution in [3.8, 4) is 0 Å². The van der Waals surface area contributed by atoms with Gasteiger partial charge in [-0.1, -0.05) is 25.3 Å². The lowest BCUT2D eigenvalue weighted by atomic mass is 9.85. The predicted molar refractivity (Wildman–Crippen MR) is 80.9 cm³/mol. The quantitative estimate of drug-likeness (QED) is 0.686. The molecule has 0 saturated heterocycles. The molecule has 114 valence electrons. The fourth-order valence-electron chi connectivity index (χ4n) is 2.61. The van der Waals surface area contributed by atoms with E-state index < -0.39 is 11.7 Å². The molecule has 1 aliphatic rings. The van der Waals surface area contributed by atoms with Gasteiger partial charge in [0, 0.05) is 18.0 Å². The summed E-state index contributed by atoms with van der Waals surface area (Å²) in [6.45, 7) is 1.91. The van der Waals surface area contributed by atoms with E-state index in [1.165, 1.54) is 11.3 Å². The van der Waals surface area contributed by atoms with Crippen molar-refractivity contribution in [2.45, 2.75) is 50.4 Å². The SMILES string of the molecule is OC(CNCC1(O)CCCCC1)COCc1cccs1. The molecule has 1 heterocycles. The van der Waals surface area contributed by atoms with Gasteiger partial charge in [-0.2, -0.15) is 0 Å². The lowest BCUT2D eigenvalue weighted by Crippen LogP contribution is -2.44. The molecule has 2 rings (SSSR count). The lowest BCUT2D eigenvalue weighted by molar-refractivity contribution is -0.00370. The summed E-state index contributed by atoms with van der Waals surface area (Å²) in [5.74, 6) is 0. The number of nitrogens with one attached hydrogen (secondary N) is 1. The van der Waals surface area contributed by atoms with E-state index in [9.17, 15) is 10.2 Å². The highest BCUT2D eigenvalue weighted by molar-refractivity contribution is 7.09. The summed E-state index contributed by atoms with van der Waals surface area (Å²) in [7, 11) is 0. The van der Waals surface area contributed by atoms with Crippen molar-refractivity contribution in [3.63, 3.8) is 0 Å². The molecular formula is C15H25NO3S. The highest BCUT2D eigenvalue weighted by Crippen LogP contribution is 2.27. The number of aliphatic hydroxyl groups excluding tert-OH is 1. The number of hydrogen-bond acceptors (Lipinski definition) is 5. The van der Waals surface area contributed by atoms with Crippen LogP contribution in [0.4, 0.5) is 0 Å². The minimum absolute atomic E-state index is 0.323. The molecule has 4 nitrogen and oxygen atoms in total. The third-order valence-electron chi connectivity index (χ3n) is 3.75. The molecule has 1 unspecified atom stereocenters. The predicted octanol–water partition coefficient (Wildman–Crippen LogP) is 1.91. The zero-order chi connectivity index (χ0) is 14.3. The maximum Gasteiger partial charge on any atom is 0.0897 e. The molecule has 1 aromatic rings. The Bertz CT molecular complexity index is 363. The second-order valence-electron chi connectivity index (χ2n) is 5.66. The first-order valence-corrected chi connectivity index (χ1v) is 8.27. The molecule has 0 aliphatic heterocycles. The van der Waals surface area contributed by atoms with Crippen LogP contribution >= 0.6 is 11.3 Å². The average Bonchev–Trinajstić information content (AvgIpc) is 2.92. The van der Waals surface area contributed by atoms with Crippen LogP contribution in [-0.2, 0) is 11.3 Å². The number of ether oxygens (including phenoxy) is 1. The van der Waals surface area contributed by atoms with Crippen LogP contribution in [0.3, 0.4) is 0 Å². The van der Waals surface area contributed by atoms with Crippen LogP contribution in [0.5, 0.6) is 0 Å². The van der Waals surface area contributed by atoms with Crippen molar-refractivity contribution >= 4 is 11.3 Å². The van der Waals surface area contributed by atoms with Gasteiger partial charge in [0.25, 0.3) is 0 Å². The molecule has 0 aromatic carbocycles. The summed E-state index contributed by atoms with van der Waals surface area (Å²) in [6.07, 6.45) is 4.63. The second-order valence-corrected chi connectivity index (χ2v) is 6.70. The van der Waals surface area contributed by atoms with E-state index in [1.807, 2.05) is 17.5 Å². The van der Waals surface area contributed by atoms with Crippen LogP contribution in [0.1, 0.15) is 37.0 Å². The number of thiophene rings is 1. The van der Waals surface area contributed by atoms with Gasteiger partial charge >= 0.3 is 0 Å². The number of hydrogen-bond donors (Lipinski definition) is 3. The van der Waals surface area contributed by atoms with Crippen molar-refractivity contribution in [1.82, 2.24) is 5.32 Å². The second kappa shape index (κ2) is 8.10. The van der Waals surface area contributed by atoms with Crippen LogP contribution in [0.25, 0.3) is 0 Å². The first-order chi connectivity index (χ1) is 9.68. The normalized spacial score (nSPS) is 19.9. The summed E-state index contributed by atoms with van der Waals surface area (Å²) in [5.41, 5.74) is -0.574. The molecule has 0 amide bonds. The van der Waals surface area contributed by atoms with E-state index >= 15 is 0 Å². The van der Waals surface area contributed by atoms with Crippen LogP contribution in [0, 0.1) is 0 Å². The van der Waals surface area contributed by atoms with Gasteiger partial charge in [-0.15, -0.1) is 11.3 Å². The third kappa shape index (κ3) is 5.50. The summed E-state index contributed by atoms with van der Waals surface area (Å²) < 4.78 is 5.47. The minimum atomic E-state index is -0.574. The molecule has 3 N–H and O–H groups in total. The Morgan fingerprint density at radius 1 is 1.35 bits per heavy atom. The highest BCUT2D eigenvalue weighted by Gasteiger charge is 2.28. The molecule has 1 aromatic heterocycles. The highest BCUT2D eigenvalue weighted by atomic mass is 32.1. The van der Waals surface area contributed by atoms with E-state index in [-0.39, 0.29) is 0 Å². The molecule has 1 saturated carbocycles. The average molecular weight is 299 g/mol. The zero-order valence-electron chi connectivity index (χ0n) is 11.9. The Balaban J connectivity index is 1.54. The Kier molecular flexibility index (Phi) is 6.45. The number of aliphatic hydroxyl groups is 2. The standard InChI is InChI=1S/C15H25NO3S/c17-13(10-19-11-14-5-4-8-20-14)9-16-12-15(18)6-2-1-3-7-15/h4-5,8,13,16-18H,1-3,6-7,9-12H2. The Morgan fingerprint density at radius 3 is 2.85 bits per heavy atom. The van der Waals surface area contributed by atoms with E-state index in [4.69, 9.17) is 4.74 Å². The lowest BCUT2D eigenvalue weighted by Gasteiger charge is -2.32. The summed E-state index contributed by atoms with van der Waals surface area (Å²) >= 11 is 1.66. The van der Waals surface area contributed by atoms with Gasteiger partial charge in [-0.05, 0) is 24.3 Å². The Labute approximate surface area is 124 Å². The van der Waals surface area contributed by atoms with Crippen LogP contribution in [0.2, 0.25) is 0 Å². The first-order valence-electron chi connectivity index (χ1n) is 7.39. The minimum Gasteiger partial charge on any atom is -0.389 e. The smallest absolute Gasteiger partial charge is 0.0897 e. The first kappa shape index (κ1) is 15.9. The van der Waals surface area contributed by atoms with E-state index in [2.05, 4.69) is 5.32 Å². The maximum atomic E-state index is 10.3. The summed E-state index contributed by atoms with van der Waals surface area (Å²) in [6, 6.07) is 4.01. The van der Waals surface area contributed by atoms with Crippen LogP contribution in [-0.4, -0.2) is 41.6 Å². The Hall–Kier alpha value is -0.460. The molecule has 5 heteroatoms. The molecule has 0 radical (unpaired) electrons. The third-order valence-corrected chi connectivity index (χ3v) is 4.60. The molecule has 1 fully saturated rings. The van der Waals surface area contributed by atoms with E-state index in [0.717, 1.165) is 25.7 Å². The van der Waals surface area contributed by atoms with Crippen molar-refractivity contribution in [2.75, 3.05) is 19.7 Å². The molecule has 0 spiro atoms.